The van der Waals surface area contributed by atoms with Gasteiger partial charge in [-0.25, -0.2) is 9.67 Å². The predicted molar refractivity (Wildman–Crippen MR) is 111 cm³/mol. The fourth-order valence-corrected chi connectivity index (χ4v) is 4.51. The van der Waals surface area contributed by atoms with E-state index in [9.17, 15) is 9.59 Å². The lowest BCUT2D eigenvalue weighted by Crippen LogP contribution is -2.67. The number of amides is 2. The Labute approximate surface area is 173 Å². The lowest BCUT2D eigenvalue weighted by Gasteiger charge is -2.50. The van der Waals surface area contributed by atoms with Crippen molar-refractivity contribution in [2.75, 3.05) is 25.0 Å². The Morgan fingerprint density at radius 2 is 1.93 bits per heavy atom. The van der Waals surface area contributed by atoms with Gasteiger partial charge in [-0.2, -0.15) is 0 Å². The quantitative estimate of drug-likeness (QED) is 0.696. The number of piperidine rings is 1. The molecule has 2 aliphatic heterocycles. The molecule has 1 aromatic carbocycles. The largest absolute Gasteiger partial charge is 0.341 e. The first-order chi connectivity index (χ1) is 14.5. The standard InChI is InChI=1S/C21H23N7O2/c1-14(28-17-8-4-3-7-16(17)24-25-28)20(30)27-12-9-21(10-13-27)23-19(29)15-6-5-11-22-18(15)26(21)2/h3-8,11,14H,9-10,12-13H2,1-2H3,(H,23,29)/t14-/m1/s1. The number of hydrogen-bond donors (Lipinski definition) is 1. The Morgan fingerprint density at radius 1 is 1.17 bits per heavy atom. The zero-order valence-corrected chi connectivity index (χ0v) is 16.9. The van der Waals surface area contributed by atoms with Crippen LogP contribution in [0.5, 0.6) is 0 Å². The van der Waals surface area contributed by atoms with Gasteiger partial charge in [0.25, 0.3) is 5.91 Å². The van der Waals surface area contributed by atoms with Crippen LogP contribution < -0.4 is 10.2 Å². The van der Waals surface area contributed by atoms with Crippen LogP contribution in [0.2, 0.25) is 0 Å². The van der Waals surface area contributed by atoms with E-state index >= 15 is 0 Å². The van der Waals surface area contributed by atoms with E-state index in [1.807, 2.05) is 48.0 Å². The molecule has 1 saturated heterocycles. The van der Waals surface area contributed by atoms with Crippen molar-refractivity contribution in [2.24, 2.45) is 0 Å². The zero-order valence-electron chi connectivity index (χ0n) is 16.9. The number of hydrogen-bond acceptors (Lipinski definition) is 6. The summed E-state index contributed by atoms with van der Waals surface area (Å²) in [7, 11) is 1.95. The van der Waals surface area contributed by atoms with Gasteiger partial charge >= 0.3 is 0 Å². The second kappa shape index (κ2) is 6.79. The average Bonchev–Trinajstić information content (AvgIpc) is 3.21. The van der Waals surface area contributed by atoms with Crippen LogP contribution in [-0.4, -0.2) is 62.5 Å². The van der Waals surface area contributed by atoms with Crippen LogP contribution in [0, 0.1) is 0 Å². The van der Waals surface area contributed by atoms with Gasteiger partial charge in [0.05, 0.1) is 11.1 Å². The summed E-state index contributed by atoms with van der Waals surface area (Å²) < 4.78 is 1.68. The summed E-state index contributed by atoms with van der Waals surface area (Å²) in [6, 6.07) is 10.7. The van der Waals surface area contributed by atoms with Crippen LogP contribution >= 0.6 is 0 Å². The van der Waals surface area contributed by atoms with Gasteiger partial charge in [-0.05, 0) is 31.2 Å². The van der Waals surface area contributed by atoms with Gasteiger partial charge < -0.3 is 15.1 Å². The monoisotopic (exact) mass is 405 g/mol. The highest BCUT2D eigenvalue weighted by atomic mass is 16.2. The summed E-state index contributed by atoms with van der Waals surface area (Å²) in [6.45, 7) is 2.94. The SMILES string of the molecule is C[C@H](C(=O)N1CCC2(CC1)NC(=O)c1cccnc1N2C)n1nnc2ccccc21. The smallest absolute Gasteiger partial charge is 0.256 e. The number of nitrogens with zero attached hydrogens (tertiary/aromatic N) is 6. The fraction of sp³-hybridized carbons (Fsp3) is 0.381. The molecule has 154 valence electrons. The van der Waals surface area contributed by atoms with Crippen molar-refractivity contribution in [1.82, 2.24) is 30.2 Å². The molecule has 1 spiro atoms. The van der Waals surface area contributed by atoms with E-state index in [1.54, 1.807) is 23.0 Å². The van der Waals surface area contributed by atoms with Crippen molar-refractivity contribution >= 4 is 28.7 Å². The molecule has 2 aliphatic rings. The Bertz CT molecular complexity index is 1130. The van der Waals surface area contributed by atoms with Crippen LogP contribution in [0.3, 0.4) is 0 Å². The Balaban J connectivity index is 1.33. The van der Waals surface area contributed by atoms with Gasteiger partial charge in [0, 0.05) is 39.2 Å². The minimum atomic E-state index is -0.529. The van der Waals surface area contributed by atoms with Crippen molar-refractivity contribution in [3.63, 3.8) is 0 Å². The van der Waals surface area contributed by atoms with E-state index in [0.717, 1.165) is 11.0 Å². The van der Waals surface area contributed by atoms with Gasteiger partial charge in [-0.15, -0.1) is 5.10 Å². The molecule has 0 unspecified atom stereocenters. The fourth-order valence-electron chi connectivity index (χ4n) is 4.51. The summed E-state index contributed by atoms with van der Waals surface area (Å²) in [6.07, 6.45) is 2.95. The maximum absolute atomic E-state index is 13.2. The van der Waals surface area contributed by atoms with Gasteiger partial charge in [0.2, 0.25) is 5.91 Å². The number of likely N-dealkylation sites (tertiary alicyclic amines) is 1. The van der Waals surface area contributed by atoms with Crippen LogP contribution in [-0.2, 0) is 4.79 Å². The Kier molecular flexibility index (Phi) is 4.19. The minimum Gasteiger partial charge on any atom is -0.341 e. The number of carbonyl (C=O) groups is 2. The summed E-state index contributed by atoms with van der Waals surface area (Å²) in [5.74, 6) is 0.575. The third-order valence-electron chi connectivity index (χ3n) is 6.34. The molecule has 3 aromatic rings. The Hall–Kier alpha value is -3.49. The maximum atomic E-state index is 13.2. The third kappa shape index (κ3) is 2.72. The molecule has 0 aliphatic carbocycles. The molecule has 0 bridgehead atoms. The second-order valence-corrected chi connectivity index (χ2v) is 7.94. The first-order valence-corrected chi connectivity index (χ1v) is 10.1. The van der Waals surface area contributed by atoms with Crippen LogP contribution in [0.25, 0.3) is 11.0 Å². The number of para-hydroxylation sites is 1. The molecule has 0 radical (unpaired) electrons. The molecule has 30 heavy (non-hydrogen) atoms. The summed E-state index contributed by atoms with van der Waals surface area (Å²) in [5.41, 5.74) is 1.66. The first kappa shape index (κ1) is 18.5. The number of anilines is 1. The highest BCUT2D eigenvalue weighted by Gasteiger charge is 2.45. The molecular weight excluding hydrogens is 382 g/mol. The van der Waals surface area contributed by atoms with Gasteiger partial charge in [-0.1, -0.05) is 17.3 Å². The topological polar surface area (TPSA) is 96.2 Å². The number of nitrogens with one attached hydrogen (secondary N) is 1. The van der Waals surface area contributed by atoms with E-state index in [4.69, 9.17) is 0 Å². The van der Waals surface area contributed by atoms with Gasteiger partial charge in [0.15, 0.2) is 0 Å². The number of benzene rings is 1. The van der Waals surface area contributed by atoms with E-state index in [0.29, 0.717) is 37.3 Å². The molecule has 9 nitrogen and oxygen atoms in total. The summed E-state index contributed by atoms with van der Waals surface area (Å²) >= 11 is 0. The van der Waals surface area contributed by atoms with E-state index < -0.39 is 11.7 Å². The third-order valence-corrected chi connectivity index (χ3v) is 6.34. The second-order valence-electron chi connectivity index (χ2n) is 7.94. The molecule has 0 saturated carbocycles. The maximum Gasteiger partial charge on any atom is 0.256 e. The highest BCUT2D eigenvalue weighted by molar-refractivity contribution is 6.01. The van der Waals surface area contributed by atoms with Crippen LogP contribution in [0.1, 0.15) is 36.2 Å². The number of fused-ring (bicyclic) bond motifs is 2. The number of pyridine rings is 1. The molecule has 5 rings (SSSR count). The number of carbonyl (C=O) groups excluding carboxylic acids is 2. The van der Waals surface area contributed by atoms with Crippen molar-refractivity contribution in [2.45, 2.75) is 31.5 Å². The molecule has 2 aromatic heterocycles. The molecule has 1 N–H and O–H groups in total. The normalized spacial score (nSPS) is 18.9. The Morgan fingerprint density at radius 3 is 2.73 bits per heavy atom. The molecular formula is C21H23N7O2. The van der Waals surface area contributed by atoms with Crippen molar-refractivity contribution in [3.05, 3.63) is 48.2 Å². The molecule has 1 fully saturated rings. The summed E-state index contributed by atoms with van der Waals surface area (Å²) in [4.78, 5) is 34.1. The van der Waals surface area contributed by atoms with Gasteiger partial charge in [0.1, 0.15) is 23.0 Å². The molecule has 9 heteroatoms. The molecule has 4 heterocycles. The number of rotatable bonds is 2. The van der Waals surface area contributed by atoms with E-state index in [-0.39, 0.29) is 11.8 Å². The molecule has 1 atom stereocenters. The van der Waals surface area contributed by atoms with Crippen LogP contribution in [0.4, 0.5) is 5.82 Å². The average molecular weight is 405 g/mol. The van der Waals surface area contributed by atoms with E-state index in [2.05, 4.69) is 20.6 Å². The highest BCUT2D eigenvalue weighted by Crippen LogP contribution is 2.35. The van der Waals surface area contributed by atoms with Crippen molar-refractivity contribution in [1.29, 1.82) is 0 Å². The predicted octanol–water partition coefficient (Wildman–Crippen LogP) is 1.59. The minimum absolute atomic E-state index is 0.00353. The number of aromatic nitrogens is 4. The molecule has 2 amide bonds. The van der Waals surface area contributed by atoms with E-state index in [1.165, 1.54) is 0 Å². The van der Waals surface area contributed by atoms with Gasteiger partial charge in [-0.3, -0.25) is 9.59 Å². The van der Waals surface area contributed by atoms with Crippen molar-refractivity contribution in [3.8, 4) is 0 Å². The lowest BCUT2D eigenvalue weighted by molar-refractivity contribution is -0.136. The van der Waals surface area contributed by atoms with Crippen molar-refractivity contribution < 1.29 is 9.59 Å². The lowest BCUT2D eigenvalue weighted by atomic mass is 9.91. The van der Waals surface area contributed by atoms with Crippen LogP contribution in [0.15, 0.2) is 42.6 Å². The zero-order chi connectivity index (χ0) is 20.9. The summed E-state index contributed by atoms with van der Waals surface area (Å²) in [5, 5.41) is 11.5. The first-order valence-electron chi connectivity index (χ1n) is 10.1.